The molecule has 3 rings (SSSR count). The molecule has 0 saturated heterocycles. The van der Waals surface area contributed by atoms with Crippen LogP contribution >= 0.6 is 10.8 Å². The molecular weight excluding hydrogens is 410 g/mol. The first-order valence-electron chi connectivity index (χ1n) is 8.80. The molecule has 0 bridgehead atoms. The number of amidine groups is 1. The third-order valence-corrected chi connectivity index (χ3v) is 6.01. The van der Waals surface area contributed by atoms with Crippen LogP contribution in [0.4, 0.5) is 11.4 Å². The Kier molecular flexibility index (Phi) is 5.73. The number of carbonyl (C=O) groups excluding carboxylic acids is 1. The lowest BCUT2D eigenvalue weighted by Crippen LogP contribution is -2.31. The molecule has 1 amide bonds. The van der Waals surface area contributed by atoms with Crippen molar-refractivity contribution in [2.24, 2.45) is 10.7 Å². The molecule has 1 unspecified atom stereocenters. The van der Waals surface area contributed by atoms with Crippen molar-refractivity contribution in [3.8, 4) is 0 Å². The minimum atomic E-state index is -3.69. The van der Waals surface area contributed by atoms with Gasteiger partial charge in [0.05, 0.1) is 23.1 Å². The van der Waals surface area contributed by atoms with Gasteiger partial charge in [-0.15, -0.1) is 0 Å². The van der Waals surface area contributed by atoms with Crippen LogP contribution < -0.4 is 27.1 Å². The van der Waals surface area contributed by atoms with E-state index in [9.17, 15) is 18.7 Å². The van der Waals surface area contributed by atoms with E-state index in [4.69, 9.17) is 11.5 Å². The van der Waals surface area contributed by atoms with E-state index >= 15 is 0 Å². The van der Waals surface area contributed by atoms with E-state index in [2.05, 4.69) is 26.6 Å². The second kappa shape index (κ2) is 8.10. The number of pyridine rings is 1. The maximum Gasteiger partial charge on any atom is 0.273 e. The quantitative estimate of drug-likeness (QED) is 0.319. The smallest absolute Gasteiger partial charge is 0.273 e. The zero-order chi connectivity index (χ0) is 22.1. The molecule has 9 N–H and O–H groups in total. The summed E-state index contributed by atoms with van der Waals surface area (Å²) in [5.74, 6) is 0.213. The van der Waals surface area contributed by atoms with Crippen molar-refractivity contribution in [1.29, 1.82) is 0 Å². The van der Waals surface area contributed by atoms with E-state index in [1.54, 1.807) is 4.57 Å². The molecule has 0 fully saturated rings. The summed E-state index contributed by atoms with van der Waals surface area (Å²) in [5.41, 5.74) is 13.7. The Morgan fingerprint density at radius 3 is 2.80 bits per heavy atom. The van der Waals surface area contributed by atoms with Gasteiger partial charge in [-0.2, -0.15) is 0 Å². The molecule has 11 nitrogen and oxygen atoms in total. The summed E-state index contributed by atoms with van der Waals surface area (Å²) in [4.78, 5) is 29.2. The lowest BCUT2D eigenvalue weighted by molar-refractivity contribution is -0.109. The molecule has 1 aliphatic heterocycles. The Morgan fingerprint density at radius 1 is 1.40 bits per heavy atom. The Bertz CT molecular complexity index is 1120. The van der Waals surface area contributed by atoms with E-state index in [-0.39, 0.29) is 34.7 Å². The predicted octanol–water partition coefficient (Wildman–Crippen LogP) is 1.17. The molecule has 30 heavy (non-hydrogen) atoms. The number of aromatic nitrogens is 2. The Balaban J connectivity index is 2.02. The van der Waals surface area contributed by atoms with E-state index < -0.39 is 16.3 Å². The number of carbonyl (C=O) groups is 1. The van der Waals surface area contributed by atoms with Crippen LogP contribution in [0.2, 0.25) is 0 Å². The lowest BCUT2D eigenvalue weighted by Gasteiger charge is -2.32. The van der Waals surface area contributed by atoms with Crippen LogP contribution in [0.1, 0.15) is 6.92 Å². The van der Waals surface area contributed by atoms with Gasteiger partial charge >= 0.3 is 0 Å². The summed E-state index contributed by atoms with van der Waals surface area (Å²) >= 11 is 0. The van der Waals surface area contributed by atoms with Crippen LogP contribution in [-0.2, 0) is 4.79 Å². The van der Waals surface area contributed by atoms with Crippen LogP contribution in [0.3, 0.4) is 0 Å². The second-order valence-corrected chi connectivity index (χ2v) is 8.33. The first-order valence-corrected chi connectivity index (χ1v) is 10.3. The maximum absolute atomic E-state index is 11.9. The van der Waals surface area contributed by atoms with Gasteiger partial charge in [0.2, 0.25) is 6.41 Å². The third-order valence-electron chi connectivity index (χ3n) is 4.57. The number of anilines is 2. The molecule has 0 aromatic carbocycles. The normalized spacial score (nSPS) is 17.5. The zero-order valence-electron chi connectivity index (χ0n) is 16.1. The van der Waals surface area contributed by atoms with Gasteiger partial charge in [0.1, 0.15) is 10.7 Å². The number of amides is 1. The highest BCUT2D eigenvalue weighted by molar-refractivity contribution is 8.25. The number of dihydropyridines is 1. The third kappa shape index (κ3) is 3.96. The number of rotatable bonds is 7. The van der Waals surface area contributed by atoms with Gasteiger partial charge in [0, 0.05) is 30.7 Å². The van der Waals surface area contributed by atoms with Crippen molar-refractivity contribution < 1.29 is 13.9 Å². The molecular formula is C18H23N7O4S. The molecule has 1 aliphatic rings. The first-order chi connectivity index (χ1) is 14.2. The summed E-state index contributed by atoms with van der Waals surface area (Å²) in [6.07, 6.45) is 4.94. The number of H-pyrrole nitrogens is 1. The topological polar surface area (TPSA) is 184 Å². The van der Waals surface area contributed by atoms with Gasteiger partial charge in [-0.3, -0.25) is 28.4 Å². The molecule has 1 atom stereocenters. The van der Waals surface area contributed by atoms with Crippen LogP contribution in [0.5, 0.6) is 0 Å². The average molecular weight is 433 g/mol. The van der Waals surface area contributed by atoms with E-state index in [0.29, 0.717) is 23.3 Å². The number of nitrogens with two attached hydrogens (primary N) is 2. The average Bonchev–Trinajstić information content (AvgIpc) is 3.02. The van der Waals surface area contributed by atoms with Gasteiger partial charge < -0.3 is 26.3 Å². The second-order valence-electron chi connectivity index (χ2n) is 6.59. The molecule has 0 spiro atoms. The predicted molar refractivity (Wildman–Crippen MR) is 118 cm³/mol. The lowest BCUT2D eigenvalue weighted by atomic mass is 9.96. The molecule has 3 heterocycles. The highest BCUT2D eigenvalue weighted by Gasteiger charge is 2.26. The van der Waals surface area contributed by atoms with Gasteiger partial charge in [0.25, 0.3) is 5.56 Å². The molecule has 0 radical (unpaired) electrons. The first kappa shape index (κ1) is 21.2. The molecule has 2 aromatic rings. The Morgan fingerprint density at radius 2 is 2.13 bits per heavy atom. The van der Waals surface area contributed by atoms with Gasteiger partial charge in [-0.25, -0.2) is 0 Å². The summed E-state index contributed by atoms with van der Waals surface area (Å²) in [7, 11) is -3.69. The SMILES string of the molecule is C=C1C(CNC=O)=C(n2cc(N)c(NS(O)(O)c3ccc[nH]c3=O)c2)C(N)=NC1C. The van der Waals surface area contributed by atoms with E-state index in [1.807, 2.05) is 6.92 Å². The molecule has 12 heteroatoms. The number of aliphatic imine (C=N–C) groups is 1. The summed E-state index contributed by atoms with van der Waals surface area (Å²) in [5, 5.41) is 2.59. The number of nitrogen functional groups attached to an aromatic ring is 1. The number of hydrogen-bond donors (Lipinski definition) is 7. The molecule has 2 aromatic heterocycles. The van der Waals surface area contributed by atoms with Crippen LogP contribution in [-0.4, -0.2) is 43.5 Å². The monoisotopic (exact) mass is 433 g/mol. The molecule has 0 aliphatic carbocycles. The highest BCUT2D eigenvalue weighted by Crippen LogP contribution is 2.47. The fourth-order valence-corrected chi connectivity index (χ4v) is 4.23. The summed E-state index contributed by atoms with van der Waals surface area (Å²) < 4.78 is 25.0. The number of hydrogen-bond acceptors (Lipinski definition) is 8. The van der Waals surface area contributed by atoms with Crippen LogP contribution in [0.15, 0.2) is 63.1 Å². The summed E-state index contributed by atoms with van der Waals surface area (Å²) in [6.45, 7) is 6.03. The van der Waals surface area contributed by atoms with Crippen molar-refractivity contribution in [2.45, 2.75) is 17.9 Å². The van der Waals surface area contributed by atoms with Gasteiger partial charge in [-0.1, -0.05) is 17.4 Å². The van der Waals surface area contributed by atoms with Crippen LogP contribution in [0, 0.1) is 0 Å². The van der Waals surface area contributed by atoms with Crippen molar-refractivity contribution in [1.82, 2.24) is 14.9 Å². The van der Waals surface area contributed by atoms with Crippen molar-refractivity contribution >= 4 is 40.1 Å². The molecule has 0 saturated carbocycles. The van der Waals surface area contributed by atoms with Crippen molar-refractivity contribution in [2.75, 3.05) is 17.0 Å². The van der Waals surface area contributed by atoms with Crippen molar-refractivity contribution in [3.63, 3.8) is 0 Å². The van der Waals surface area contributed by atoms with Crippen molar-refractivity contribution in [3.05, 3.63) is 58.8 Å². The summed E-state index contributed by atoms with van der Waals surface area (Å²) in [6, 6.07) is 2.51. The van der Waals surface area contributed by atoms with Gasteiger partial charge in [0.15, 0.2) is 0 Å². The van der Waals surface area contributed by atoms with Crippen LogP contribution in [0.25, 0.3) is 5.70 Å². The zero-order valence-corrected chi connectivity index (χ0v) is 16.9. The van der Waals surface area contributed by atoms with Gasteiger partial charge in [-0.05, 0) is 24.6 Å². The number of aromatic amines is 1. The largest absolute Gasteiger partial charge is 0.396 e. The standard InChI is InChI=1S/C18H23N7O4S/c1-10-11(2)23-17(20)16(12(10)6-21-9-26)25-7-13(19)14(8-25)24-30(28,29)15-4-3-5-22-18(15)27/h3-5,7-9,11,24,28-29H,1,6,19H2,2H3,(H2,20,23)(H,21,26)(H,22,27). The maximum atomic E-state index is 11.9. The Labute approximate surface area is 173 Å². The number of nitrogens with zero attached hydrogens (tertiary/aromatic N) is 2. The number of nitrogens with one attached hydrogen (secondary N) is 3. The van der Waals surface area contributed by atoms with E-state index in [1.165, 1.54) is 30.7 Å². The highest BCUT2D eigenvalue weighted by atomic mass is 32.3. The fourth-order valence-electron chi connectivity index (χ4n) is 3.06. The van der Waals surface area contributed by atoms with E-state index in [0.717, 1.165) is 0 Å². The minimum absolute atomic E-state index is 0.172. The fraction of sp³-hybridized carbons (Fsp3) is 0.167. The Hall–Kier alpha value is -3.48. The minimum Gasteiger partial charge on any atom is -0.396 e. The molecule has 160 valence electrons.